The fourth-order valence-electron chi connectivity index (χ4n) is 1.88. The van der Waals surface area contributed by atoms with E-state index in [0.717, 1.165) is 0 Å². The molecular weight excluding hydrogens is 293 g/mol. The van der Waals surface area contributed by atoms with Crippen molar-refractivity contribution in [2.75, 3.05) is 14.2 Å². The van der Waals surface area contributed by atoms with Gasteiger partial charge in [0.25, 0.3) is 0 Å². The summed E-state index contributed by atoms with van der Waals surface area (Å²) >= 11 is 0. The smallest absolute Gasteiger partial charge is 0.449 e. The molecule has 21 heavy (non-hydrogen) atoms. The molecular formula is C13H9F3O5. The van der Waals surface area contributed by atoms with Gasteiger partial charge in [0.05, 0.1) is 25.2 Å². The molecule has 5 nitrogen and oxygen atoms in total. The fraction of sp³-hybridized carbons (Fsp3) is 0.231. The molecule has 2 rings (SSSR count). The number of alkyl halides is 3. The van der Waals surface area contributed by atoms with E-state index >= 15 is 0 Å². The van der Waals surface area contributed by atoms with Crippen molar-refractivity contribution >= 4 is 17.3 Å². The second-order valence-corrected chi connectivity index (χ2v) is 3.99. The Morgan fingerprint density at radius 1 is 1.14 bits per heavy atom. The van der Waals surface area contributed by atoms with Gasteiger partial charge >= 0.3 is 6.18 Å². The minimum atomic E-state index is -4.83. The van der Waals surface area contributed by atoms with Crippen LogP contribution in [-0.4, -0.2) is 20.5 Å². The lowest BCUT2D eigenvalue weighted by Crippen LogP contribution is -2.13. The maximum absolute atomic E-state index is 12.7. The highest BCUT2D eigenvalue weighted by molar-refractivity contribution is 6.01. The Balaban J connectivity index is 3.00. The van der Waals surface area contributed by atoms with E-state index in [1.165, 1.54) is 20.3 Å². The second-order valence-electron chi connectivity index (χ2n) is 3.99. The molecule has 8 heteroatoms. The van der Waals surface area contributed by atoms with Gasteiger partial charge in [-0.25, -0.2) is 0 Å². The predicted octanol–water partition coefficient (Wildman–Crippen LogP) is 2.64. The third-order valence-electron chi connectivity index (χ3n) is 2.81. The Bertz CT molecular complexity index is 761. The van der Waals surface area contributed by atoms with Gasteiger partial charge in [-0.1, -0.05) is 0 Å². The summed E-state index contributed by atoms with van der Waals surface area (Å²) in [6.45, 7) is 0. The summed E-state index contributed by atoms with van der Waals surface area (Å²) in [6.07, 6.45) is -4.52. The topological polar surface area (TPSA) is 65.7 Å². The molecule has 0 aliphatic heterocycles. The van der Waals surface area contributed by atoms with Gasteiger partial charge in [0.15, 0.2) is 23.0 Å². The van der Waals surface area contributed by atoms with Crippen LogP contribution in [0.3, 0.4) is 0 Å². The van der Waals surface area contributed by atoms with Crippen molar-refractivity contribution in [3.63, 3.8) is 0 Å². The summed E-state index contributed by atoms with van der Waals surface area (Å²) in [6, 6.07) is 1.46. The Hall–Kier alpha value is -2.51. The number of rotatable bonds is 3. The van der Waals surface area contributed by atoms with Crippen LogP contribution < -0.4 is 14.9 Å². The third kappa shape index (κ3) is 2.44. The zero-order valence-electron chi connectivity index (χ0n) is 10.9. The first-order valence-electron chi connectivity index (χ1n) is 5.58. The maximum atomic E-state index is 12.7. The summed E-state index contributed by atoms with van der Waals surface area (Å²) in [5.41, 5.74) is -1.67. The molecule has 1 aromatic heterocycles. The number of hydrogen-bond donors (Lipinski definition) is 0. The molecule has 0 spiro atoms. The number of carbonyl (C=O) groups excluding carboxylic acids is 1. The molecule has 1 heterocycles. The number of aldehydes is 1. The summed E-state index contributed by atoms with van der Waals surface area (Å²) in [4.78, 5) is 23.0. The number of fused-ring (bicyclic) bond motifs is 1. The van der Waals surface area contributed by atoms with Crippen LogP contribution in [0.5, 0.6) is 11.5 Å². The van der Waals surface area contributed by atoms with Gasteiger partial charge in [-0.05, 0) is 0 Å². The fourth-order valence-corrected chi connectivity index (χ4v) is 1.88. The van der Waals surface area contributed by atoms with Gasteiger partial charge in [0, 0.05) is 12.1 Å². The Morgan fingerprint density at radius 2 is 1.76 bits per heavy atom. The summed E-state index contributed by atoms with van der Waals surface area (Å²) < 4.78 is 52.6. The average molecular weight is 302 g/mol. The summed E-state index contributed by atoms with van der Waals surface area (Å²) in [5, 5.41) is -0.325. The Morgan fingerprint density at radius 3 is 2.24 bits per heavy atom. The van der Waals surface area contributed by atoms with Gasteiger partial charge < -0.3 is 13.9 Å². The lowest BCUT2D eigenvalue weighted by molar-refractivity contribution is -0.152. The van der Waals surface area contributed by atoms with E-state index < -0.39 is 22.9 Å². The molecule has 112 valence electrons. The van der Waals surface area contributed by atoms with Crippen LogP contribution in [0.15, 0.2) is 21.3 Å². The molecule has 0 amide bonds. The van der Waals surface area contributed by atoms with Crippen molar-refractivity contribution < 1.29 is 31.9 Å². The number of ether oxygens (including phenoxy) is 2. The van der Waals surface area contributed by atoms with Crippen LogP contribution in [-0.2, 0) is 6.18 Å². The molecule has 0 fully saturated rings. The zero-order chi connectivity index (χ0) is 15.8. The highest BCUT2D eigenvalue weighted by Crippen LogP contribution is 2.37. The minimum Gasteiger partial charge on any atom is -0.496 e. The lowest BCUT2D eigenvalue weighted by Gasteiger charge is -2.12. The van der Waals surface area contributed by atoms with E-state index in [1.54, 1.807) is 0 Å². The van der Waals surface area contributed by atoms with Crippen LogP contribution in [0, 0.1) is 0 Å². The van der Waals surface area contributed by atoms with E-state index in [9.17, 15) is 22.8 Å². The monoisotopic (exact) mass is 302 g/mol. The lowest BCUT2D eigenvalue weighted by atomic mass is 10.1. The largest absolute Gasteiger partial charge is 0.496 e. The normalized spacial score (nSPS) is 11.5. The molecule has 2 aromatic rings. The molecule has 0 bridgehead atoms. The van der Waals surface area contributed by atoms with E-state index in [2.05, 4.69) is 0 Å². The van der Waals surface area contributed by atoms with Crippen molar-refractivity contribution in [3.05, 3.63) is 33.7 Å². The minimum absolute atomic E-state index is 0.00130. The van der Waals surface area contributed by atoms with Crippen molar-refractivity contribution in [1.82, 2.24) is 0 Å². The average Bonchev–Trinajstić information content (AvgIpc) is 2.44. The predicted molar refractivity (Wildman–Crippen MR) is 66.0 cm³/mol. The molecule has 0 aliphatic carbocycles. The number of hydrogen-bond acceptors (Lipinski definition) is 5. The van der Waals surface area contributed by atoms with Gasteiger partial charge in [0.1, 0.15) is 5.75 Å². The molecule has 0 saturated heterocycles. The first kappa shape index (κ1) is 14.9. The second kappa shape index (κ2) is 5.12. The highest BCUT2D eigenvalue weighted by Gasteiger charge is 2.35. The SMILES string of the molecule is COc1cc(OC)c2oc(C(F)(F)F)cc(=O)c2c1C=O. The van der Waals surface area contributed by atoms with Gasteiger partial charge in [0.2, 0.25) is 5.76 Å². The first-order chi connectivity index (χ1) is 9.83. The number of halogens is 3. The number of carbonyl (C=O) groups is 1. The van der Waals surface area contributed by atoms with E-state index in [0.29, 0.717) is 6.29 Å². The van der Waals surface area contributed by atoms with Crippen LogP contribution in [0.1, 0.15) is 16.1 Å². The molecule has 0 unspecified atom stereocenters. The van der Waals surface area contributed by atoms with Crippen molar-refractivity contribution in [3.8, 4) is 11.5 Å². The molecule has 0 atom stereocenters. The van der Waals surface area contributed by atoms with Gasteiger partial charge in [-0.15, -0.1) is 0 Å². The van der Waals surface area contributed by atoms with Gasteiger partial charge in [-0.2, -0.15) is 13.2 Å². The van der Waals surface area contributed by atoms with E-state index in [-0.39, 0.29) is 28.5 Å². The highest BCUT2D eigenvalue weighted by atomic mass is 19.4. The van der Waals surface area contributed by atoms with Crippen molar-refractivity contribution in [2.24, 2.45) is 0 Å². The van der Waals surface area contributed by atoms with Crippen LogP contribution >= 0.6 is 0 Å². The molecule has 1 aromatic carbocycles. The van der Waals surface area contributed by atoms with Crippen LogP contribution in [0.2, 0.25) is 0 Å². The standard InChI is InChI=1S/C13H9F3O5/c1-19-8-4-9(20-2)12-11(6(8)5-17)7(18)3-10(21-12)13(14,15)16/h3-5H,1-2H3. The Kier molecular flexibility index (Phi) is 3.63. The molecule has 0 aliphatic rings. The van der Waals surface area contributed by atoms with Crippen LogP contribution in [0.4, 0.5) is 13.2 Å². The van der Waals surface area contributed by atoms with E-state index in [4.69, 9.17) is 13.9 Å². The number of methoxy groups -OCH3 is 2. The Labute approximate surface area is 115 Å². The summed E-state index contributed by atoms with van der Waals surface area (Å²) in [5.74, 6) is -1.61. The first-order valence-corrected chi connectivity index (χ1v) is 5.58. The van der Waals surface area contributed by atoms with E-state index in [1.807, 2.05) is 0 Å². The molecule has 0 N–H and O–H groups in total. The number of benzene rings is 1. The maximum Gasteiger partial charge on any atom is 0.449 e. The van der Waals surface area contributed by atoms with Crippen molar-refractivity contribution in [2.45, 2.75) is 6.18 Å². The molecule has 0 saturated carbocycles. The zero-order valence-corrected chi connectivity index (χ0v) is 10.9. The third-order valence-corrected chi connectivity index (χ3v) is 2.81. The summed E-state index contributed by atoms with van der Waals surface area (Å²) in [7, 11) is 2.44. The van der Waals surface area contributed by atoms with Gasteiger partial charge in [-0.3, -0.25) is 9.59 Å². The molecule has 0 radical (unpaired) electrons. The quantitative estimate of drug-likeness (QED) is 0.815. The van der Waals surface area contributed by atoms with Crippen molar-refractivity contribution in [1.29, 1.82) is 0 Å². The van der Waals surface area contributed by atoms with Crippen LogP contribution in [0.25, 0.3) is 11.0 Å².